The van der Waals surface area contributed by atoms with E-state index in [1.54, 1.807) is 24.3 Å². The van der Waals surface area contributed by atoms with Gasteiger partial charge in [0, 0.05) is 10.9 Å². The van der Waals surface area contributed by atoms with E-state index in [4.69, 9.17) is 11.6 Å². The van der Waals surface area contributed by atoms with E-state index in [-0.39, 0.29) is 15.9 Å². The van der Waals surface area contributed by atoms with E-state index in [9.17, 15) is 13.2 Å². The molecule has 0 spiro atoms. The fraction of sp³-hybridized carbons (Fsp3) is 0. The standard InChI is InChI=1S/C15H7ClF3N/c16-10-7-12(8-4-2-1-3-5-8)20-15-9(10)6-11(17)13(18)14(15)19/h1-7H. The third-order valence-corrected chi connectivity index (χ3v) is 3.27. The molecule has 2 aromatic carbocycles. The maximum Gasteiger partial charge on any atom is 0.196 e. The van der Waals surface area contributed by atoms with Crippen LogP contribution in [0.1, 0.15) is 0 Å². The van der Waals surface area contributed by atoms with Crippen LogP contribution in [0.15, 0.2) is 42.5 Å². The Morgan fingerprint density at radius 1 is 0.900 bits per heavy atom. The Labute approximate surface area is 117 Å². The zero-order chi connectivity index (χ0) is 14.3. The first-order valence-electron chi connectivity index (χ1n) is 5.77. The van der Waals surface area contributed by atoms with E-state index in [1.165, 1.54) is 6.07 Å². The van der Waals surface area contributed by atoms with Gasteiger partial charge in [-0.05, 0) is 12.1 Å². The molecule has 3 aromatic rings. The molecule has 0 aliphatic heterocycles. The molecule has 0 saturated carbocycles. The van der Waals surface area contributed by atoms with Gasteiger partial charge in [-0.25, -0.2) is 18.2 Å². The number of benzene rings is 2. The lowest BCUT2D eigenvalue weighted by Crippen LogP contribution is -1.96. The van der Waals surface area contributed by atoms with Crippen molar-refractivity contribution < 1.29 is 13.2 Å². The molecular formula is C15H7ClF3N. The SMILES string of the molecule is Fc1cc2c(Cl)cc(-c3ccccc3)nc2c(F)c1F. The lowest BCUT2D eigenvalue weighted by Gasteiger charge is -2.07. The molecule has 0 bridgehead atoms. The van der Waals surface area contributed by atoms with Crippen LogP contribution in [0.25, 0.3) is 22.2 Å². The second-order valence-electron chi connectivity index (χ2n) is 4.24. The number of pyridine rings is 1. The lowest BCUT2D eigenvalue weighted by atomic mass is 10.1. The van der Waals surface area contributed by atoms with Crippen molar-refractivity contribution in [2.45, 2.75) is 0 Å². The van der Waals surface area contributed by atoms with Crippen molar-refractivity contribution in [3.05, 3.63) is 64.9 Å². The Kier molecular flexibility index (Phi) is 3.10. The Balaban J connectivity index is 2.34. The third-order valence-electron chi connectivity index (χ3n) is 2.96. The predicted molar refractivity (Wildman–Crippen MR) is 72.1 cm³/mol. The van der Waals surface area contributed by atoms with Gasteiger partial charge < -0.3 is 0 Å². The fourth-order valence-electron chi connectivity index (χ4n) is 1.98. The van der Waals surface area contributed by atoms with Gasteiger partial charge in [-0.15, -0.1) is 0 Å². The highest BCUT2D eigenvalue weighted by molar-refractivity contribution is 6.35. The minimum absolute atomic E-state index is 0.0442. The second kappa shape index (κ2) is 4.80. The van der Waals surface area contributed by atoms with Crippen molar-refractivity contribution in [1.82, 2.24) is 4.98 Å². The molecule has 0 amide bonds. The fourth-order valence-corrected chi connectivity index (χ4v) is 2.23. The van der Waals surface area contributed by atoms with E-state index in [2.05, 4.69) is 4.98 Å². The summed E-state index contributed by atoms with van der Waals surface area (Å²) in [7, 11) is 0. The van der Waals surface area contributed by atoms with Gasteiger partial charge in [0.15, 0.2) is 17.5 Å². The van der Waals surface area contributed by atoms with Crippen LogP contribution in [0.3, 0.4) is 0 Å². The summed E-state index contributed by atoms with van der Waals surface area (Å²) in [6.45, 7) is 0. The maximum atomic E-state index is 13.8. The first-order valence-corrected chi connectivity index (χ1v) is 6.15. The summed E-state index contributed by atoms with van der Waals surface area (Å²) in [4.78, 5) is 4.04. The number of hydrogen-bond acceptors (Lipinski definition) is 1. The number of rotatable bonds is 1. The van der Waals surface area contributed by atoms with Gasteiger partial charge in [0.1, 0.15) is 5.52 Å². The van der Waals surface area contributed by atoms with E-state index in [1.807, 2.05) is 6.07 Å². The zero-order valence-corrected chi connectivity index (χ0v) is 10.8. The summed E-state index contributed by atoms with van der Waals surface area (Å²) in [6, 6.07) is 11.3. The molecule has 0 atom stereocenters. The van der Waals surface area contributed by atoms with Gasteiger partial charge in [0.05, 0.1) is 10.7 Å². The summed E-state index contributed by atoms with van der Waals surface area (Å²) >= 11 is 6.01. The summed E-state index contributed by atoms with van der Waals surface area (Å²) in [5.41, 5.74) is 0.823. The van der Waals surface area contributed by atoms with Gasteiger partial charge in [-0.3, -0.25) is 0 Å². The van der Waals surface area contributed by atoms with Crippen molar-refractivity contribution in [3.63, 3.8) is 0 Å². The van der Waals surface area contributed by atoms with Crippen LogP contribution in [0.4, 0.5) is 13.2 Å². The topological polar surface area (TPSA) is 12.9 Å². The molecule has 0 aliphatic carbocycles. The summed E-state index contributed by atoms with van der Waals surface area (Å²) in [6.07, 6.45) is 0. The minimum atomic E-state index is -1.55. The van der Waals surface area contributed by atoms with Gasteiger partial charge >= 0.3 is 0 Å². The molecule has 0 aliphatic rings. The largest absolute Gasteiger partial charge is 0.244 e. The molecule has 0 saturated heterocycles. The van der Waals surface area contributed by atoms with Gasteiger partial charge in [0.2, 0.25) is 0 Å². The summed E-state index contributed by atoms with van der Waals surface area (Å²) in [5.74, 6) is -4.17. The third kappa shape index (κ3) is 2.02. The number of halogens is 4. The van der Waals surface area contributed by atoms with Gasteiger partial charge in [0.25, 0.3) is 0 Å². The van der Waals surface area contributed by atoms with Gasteiger partial charge in [-0.2, -0.15) is 0 Å². The molecule has 100 valence electrons. The molecule has 0 radical (unpaired) electrons. The van der Waals surface area contributed by atoms with Crippen LogP contribution >= 0.6 is 11.6 Å². The zero-order valence-electron chi connectivity index (χ0n) is 10.0. The molecular weight excluding hydrogens is 287 g/mol. The highest BCUT2D eigenvalue weighted by Gasteiger charge is 2.17. The molecule has 1 heterocycles. The average molecular weight is 294 g/mol. The van der Waals surface area contributed by atoms with E-state index < -0.39 is 17.5 Å². The second-order valence-corrected chi connectivity index (χ2v) is 4.65. The van der Waals surface area contributed by atoms with Crippen molar-refractivity contribution in [3.8, 4) is 11.3 Å². The lowest BCUT2D eigenvalue weighted by molar-refractivity contribution is 0.452. The Bertz CT molecular complexity index is 803. The number of nitrogens with zero attached hydrogens (tertiary/aromatic N) is 1. The Morgan fingerprint density at radius 3 is 2.30 bits per heavy atom. The highest BCUT2D eigenvalue weighted by Crippen LogP contribution is 2.31. The van der Waals surface area contributed by atoms with Crippen molar-refractivity contribution >= 4 is 22.5 Å². The monoisotopic (exact) mass is 293 g/mol. The molecule has 1 aromatic heterocycles. The molecule has 1 nitrogen and oxygen atoms in total. The van der Waals surface area contributed by atoms with Crippen LogP contribution in [-0.4, -0.2) is 4.98 Å². The Hall–Kier alpha value is -2.07. The molecule has 0 unspecified atom stereocenters. The Morgan fingerprint density at radius 2 is 1.60 bits per heavy atom. The molecule has 5 heteroatoms. The smallest absolute Gasteiger partial charge is 0.196 e. The maximum absolute atomic E-state index is 13.8. The predicted octanol–water partition coefficient (Wildman–Crippen LogP) is 4.97. The van der Waals surface area contributed by atoms with E-state index in [0.717, 1.165) is 6.07 Å². The quantitative estimate of drug-likeness (QED) is 0.577. The van der Waals surface area contributed by atoms with Crippen molar-refractivity contribution in [1.29, 1.82) is 0 Å². The molecule has 0 N–H and O–H groups in total. The number of fused-ring (bicyclic) bond motifs is 1. The minimum Gasteiger partial charge on any atom is -0.244 e. The van der Waals surface area contributed by atoms with Crippen LogP contribution in [0, 0.1) is 17.5 Å². The average Bonchev–Trinajstić information content (AvgIpc) is 2.47. The molecule has 20 heavy (non-hydrogen) atoms. The summed E-state index contributed by atoms with van der Waals surface area (Å²) in [5, 5.41) is 0.161. The number of hydrogen-bond donors (Lipinski definition) is 0. The summed E-state index contributed by atoms with van der Waals surface area (Å²) < 4.78 is 40.3. The normalized spacial score (nSPS) is 11.0. The molecule has 3 rings (SSSR count). The van der Waals surface area contributed by atoms with E-state index in [0.29, 0.717) is 11.3 Å². The molecule has 0 fully saturated rings. The highest BCUT2D eigenvalue weighted by atomic mass is 35.5. The van der Waals surface area contributed by atoms with Crippen LogP contribution < -0.4 is 0 Å². The van der Waals surface area contributed by atoms with E-state index >= 15 is 0 Å². The van der Waals surface area contributed by atoms with Gasteiger partial charge in [-0.1, -0.05) is 41.9 Å². The van der Waals surface area contributed by atoms with Crippen molar-refractivity contribution in [2.75, 3.05) is 0 Å². The first-order chi connectivity index (χ1) is 9.58. The number of aromatic nitrogens is 1. The van der Waals surface area contributed by atoms with Crippen molar-refractivity contribution in [2.24, 2.45) is 0 Å². The van der Waals surface area contributed by atoms with Crippen LogP contribution in [-0.2, 0) is 0 Å². The van der Waals surface area contributed by atoms with Crippen LogP contribution in [0.5, 0.6) is 0 Å². The van der Waals surface area contributed by atoms with Crippen LogP contribution in [0.2, 0.25) is 5.02 Å². The first kappa shape index (κ1) is 12.9.